The number of hydrogen-bond donors (Lipinski definition) is 1. The van der Waals surface area contributed by atoms with Gasteiger partial charge in [0.05, 0.1) is 6.04 Å². The van der Waals surface area contributed by atoms with Gasteiger partial charge in [0.15, 0.2) is 0 Å². The second kappa shape index (κ2) is 6.93. The van der Waals surface area contributed by atoms with Gasteiger partial charge in [0, 0.05) is 5.54 Å². The predicted molar refractivity (Wildman–Crippen MR) is 91.8 cm³/mol. The van der Waals surface area contributed by atoms with E-state index in [4.69, 9.17) is 0 Å². The van der Waals surface area contributed by atoms with Crippen molar-refractivity contribution in [2.45, 2.75) is 64.5 Å². The topological polar surface area (TPSA) is 15.3 Å². The third-order valence-corrected chi connectivity index (χ3v) is 5.51. The fourth-order valence-corrected chi connectivity index (χ4v) is 4.04. The molecule has 1 saturated carbocycles. The molecule has 1 atom stereocenters. The molecule has 0 radical (unpaired) electrons. The first kappa shape index (κ1) is 16.5. The molecule has 2 heteroatoms. The summed E-state index contributed by atoms with van der Waals surface area (Å²) in [6, 6.07) is 7.20. The molecular formula is C19H32N2. The lowest BCUT2D eigenvalue weighted by molar-refractivity contribution is 0.0568. The van der Waals surface area contributed by atoms with Crippen molar-refractivity contribution in [2.24, 2.45) is 0 Å². The van der Waals surface area contributed by atoms with Gasteiger partial charge in [0.25, 0.3) is 0 Å². The van der Waals surface area contributed by atoms with Gasteiger partial charge in [-0.15, -0.1) is 0 Å². The van der Waals surface area contributed by atoms with Crippen LogP contribution in [-0.2, 0) is 0 Å². The van der Waals surface area contributed by atoms with Gasteiger partial charge in [-0.1, -0.05) is 44.4 Å². The largest absolute Gasteiger partial charge is 0.309 e. The smallest absolute Gasteiger partial charge is 0.0509 e. The minimum Gasteiger partial charge on any atom is -0.309 e. The van der Waals surface area contributed by atoms with Crippen LogP contribution < -0.4 is 5.32 Å². The van der Waals surface area contributed by atoms with Crippen LogP contribution in [-0.4, -0.2) is 31.1 Å². The molecule has 0 amide bonds. The first-order valence-electron chi connectivity index (χ1n) is 8.50. The lowest BCUT2D eigenvalue weighted by atomic mass is 9.72. The van der Waals surface area contributed by atoms with Crippen molar-refractivity contribution < 1.29 is 0 Å². The Morgan fingerprint density at radius 3 is 2.38 bits per heavy atom. The number of hydrogen-bond acceptors (Lipinski definition) is 2. The fourth-order valence-electron chi connectivity index (χ4n) is 4.04. The maximum Gasteiger partial charge on any atom is 0.0509 e. The normalized spacial score (nSPS) is 19.7. The zero-order valence-corrected chi connectivity index (χ0v) is 14.5. The molecule has 1 aromatic rings. The molecule has 0 saturated heterocycles. The summed E-state index contributed by atoms with van der Waals surface area (Å²) in [5, 5.41) is 3.82. The van der Waals surface area contributed by atoms with Gasteiger partial charge in [-0.05, 0) is 64.0 Å². The molecule has 1 aliphatic carbocycles. The third kappa shape index (κ3) is 3.17. The van der Waals surface area contributed by atoms with E-state index in [0.29, 0.717) is 6.04 Å². The lowest BCUT2D eigenvalue weighted by Crippen LogP contribution is -2.55. The van der Waals surface area contributed by atoms with E-state index in [0.717, 1.165) is 6.54 Å². The molecule has 0 bridgehead atoms. The molecule has 1 fully saturated rings. The summed E-state index contributed by atoms with van der Waals surface area (Å²) in [6.07, 6.45) is 6.69. The monoisotopic (exact) mass is 288 g/mol. The molecule has 0 heterocycles. The molecule has 0 aliphatic heterocycles. The number of rotatable bonds is 5. The molecule has 0 spiro atoms. The van der Waals surface area contributed by atoms with E-state index in [1.807, 2.05) is 0 Å². The highest BCUT2D eigenvalue weighted by atomic mass is 15.2. The number of nitrogens with one attached hydrogen (secondary N) is 1. The van der Waals surface area contributed by atoms with Gasteiger partial charge in [0.2, 0.25) is 0 Å². The predicted octanol–water partition coefficient (Wildman–Crippen LogP) is 4.22. The van der Waals surface area contributed by atoms with Crippen LogP contribution in [0.3, 0.4) is 0 Å². The minimum absolute atomic E-state index is 0.257. The van der Waals surface area contributed by atoms with Gasteiger partial charge in [-0.25, -0.2) is 0 Å². The highest BCUT2D eigenvalue weighted by Crippen LogP contribution is 2.43. The number of nitrogens with zero attached hydrogens (tertiary/aromatic N) is 1. The maximum atomic E-state index is 3.82. The number of benzene rings is 1. The Hall–Kier alpha value is -0.860. The van der Waals surface area contributed by atoms with Crippen LogP contribution in [0.25, 0.3) is 0 Å². The van der Waals surface area contributed by atoms with Crippen molar-refractivity contribution in [3.05, 3.63) is 34.9 Å². The third-order valence-electron chi connectivity index (χ3n) is 5.51. The standard InChI is InChI=1S/C19H32N2/c1-6-20-18(17-12-10-11-15(2)16(17)3)19(21(4)5)13-8-7-9-14-19/h10-12,18,20H,6-9,13-14H2,1-5H3. The summed E-state index contributed by atoms with van der Waals surface area (Å²) in [5.41, 5.74) is 4.61. The highest BCUT2D eigenvalue weighted by molar-refractivity contribution is 5.37. The van der Waals surface area contributed by atoms with Gasteiger partial charge >= 0.3 is 0 Å². The number of aryl methyl sites for hydroxylation is 1. The van der Waals surface area contributed by atoms with Gasteiger partial charge in [0.1, 0.15) is 0 Å². The second-order valence-corrected chi connectivity index (χ2v) is 6.84. The zero-order chi connectivity index (χ0) is 15.5. The average Bonchev–Trinajstić information content (AvgIpc) is 2.48. The summed E-state index contributed by atoms with van der Waals surface area (Å²) in [7, 11) is 4.53. The van der Waals surface area contributed by atoms with Crippen LogP contribution in [0.15, 0.2) is 18.2 Å². The Kier molecular flexibility index (Phi) is 5.45. The fraction of sp³-hybridized carbons (Fsp3) is 0.684. The van der Waals surface area contributed by atoms with Crippen molar-refractivity contribution in [3.8, 4) is 0 Å². The molecule has 0 aromatic heterocycles. The van der Waals surface area contributed by atoms with E-state index >= 15 is 0 Å². The molecule has 1 aromatic carbocycles. The molecule has 1 unspecified atom stereocenters. The number of likely N-dealkylation sites (N-methyl/N-ethyl adjacent to an activating group) is 2. The molecular weight excluding hydrogens is 256 g/mol. The van der Waals surface area contributed by atoms with Crippen molar-refractivity contribution in [1.82, 2.24) is 10.2 Å². The Labute approximate surface area is 130 Å². The summed E-state index contributed by atoms with van der Waals surface area (Å²) < 4.78 is 0. The Morgan fingerprint density at radius 1 is 1.14 bits per heavy atom. The van der Waals surface area contributed by atoms with Crippen LogP contribution >= 0.6 is 0 Å². The van der Waals surface area contributed by atoms with Crippen LogP contribution in [0, 0.1) is 13.8 Å². The summed E-state index contributed by atoms with van der Waals surface area (Å²) in [5.74, 6) is 0. The van der Waals surface area contributed by atoms with Crippen molar-refractivity contribution in [1.29, 1.82) is 0 Å². The summed E-state index contributed by atoms with van der Waals surface area (Å²) >= 11 is 0. The van der Waals surface area contributed by atoms with Crippen LogP contribution in [0.4, 0.5) is 0 Å². The van der Waals surface area contributed by atoms with E-state index in [1.54, 1.807) is 0 Å². The van der Waals surface area contributed by atoms with Crippen LogP contribution in [0.5, 0.6) is 0 Å². The maximum absolute atomic E-state index is 3.82. The van der Waals surface area contributed by atoms with E-state index in [9.17, 15) is 0 Å². The lowest BCUT2D eigenvalue weighted by Gasteiger charge is -2.49. The average molecular weight is 288 g/mol. The van der Waals surface area contributed by atoms with Gasteiger partial charge in [-0.3, -0.25) is 0 Å². The Bertz CT molecular complexity index is 459. The van der Waals surface area contributed by atoms with Crippen LogP contribution in [0.1, 0.15) is 61.8 Å². The second-order valence-electron chi connectivity index (χ2n) is 6.84. The molecule has 118 valence electrons. The molecule has 2 rings (SSSR count). The summed E-state index contributed by atoms with van der Waals surface area (Å²) in [6.45, 7) is 7.75. The Balaban J connectivity index is 2.47. The van der Waals surface area contributed by atoms with Gasteiger partial charge in [-0.2, -0.15) is 0 Å². The van der Waals surface area contributed by atoms with Crippen molar-refractivity contribution in [2.75, 3.05) is 20.6 Å². The summed E-state index contributed by atoms with van der Waals surface area (Å²) in [4.78, 5) is 2.49. The molecule has 2 nitrogen and oxygen atoms in total. The molecule has 1 N–H and O–H groups in total. The molecule has 21 heavy (non-hydrogen) atoms. The van der Waals surface area contributed by atoms with Gasteiger partial charge < -0.3 is 10.2 Å². The van der Waals surface area contributed by atoms with Crippen LogP contribution in [0.2, 0.25) is 0 Å². The SMILES string of the molecule is CCNC(c1cccc(C)c1C)C1(N(C)C)CCCCC1. The van der Waals surface area contributed by atoms with E-state index in [1.165, 1.54) is 48.8 Å². The first-order valence-corrected chi connectivity index (χ1v) is 8.50. The molecule has 1 aliphatic rings. The van der Waals surface area contributed by atoms with Crippen molar-refractivity contribution in [3.63, 3.8) is 0 Å². The van der Waals surface area contributed by atoms with Crippen molar-refractivity contribution >= 4 is 0 Å². The first-order chi connectivity index (χ1) is 10.0. The quantitative estimate of drug-likeness (QED) is 0.872. The zero-order valence-electron chi connectivity index (χ0n) is 14.5. The van der Waals surface area contributed by atoms with E-state index in [2.05, 4.69) is 63.3 Å². The van der Waals surface area contributed by atoms with E-state index < -0.39 is 0 Å². The minimum atomic E-state index is 0.257. The van der Waals surface area contributed by atoms with E-state index in [-0.39, 0.29) is 5.54 Å². The highest BCUT2D eigenvalue weighted by Gasteiger charge is 2.42. The Morgan fingerprint density at radius 2 is 1.81 bits per heavy atom.